The molecule has 0 bridgehead atoms. The number of pyridine rings is 6. The molecule has 4 N–H and O–H groups in total. The Bertz CT molecular complexity index is 2200. The van der Waals surface area contributed by atoms with Crippen molar-refractivity contribution < 1.29 is 69.8 Å². The number of nitrogen functional groups attached to an aromatic ring is 2. The molecule has 0 saturated carbocycles. The van der Waals surface area contributed by atoms with Crippen molar-refractivity contribution in [2.75, 3.05) is 11.5 Å². The van der Waals surface area contributed by atoms with E-state index >= 15 is 0 Å². The van der Waals surface area contributed by atoms with Crippen LogP contribution in [0.25, 0.3) is 43.6 Å². The van der Waals surface area contributed by atoms with Crippen LogP contribution in [0.4, 0.5) is 61.7 Å². The molecule has 8 nitrogen and oxygen atoms in total. The summed E-state index contributed by atoms with van der Waals surface area (Å²) in [5.74, 6) is 0. The van der Waals surface area contributed by atoms with E-state index in [0.717, 1.165) is 55.0 Å². The van der Waals surface area contributed by atoms with Crippen LogP contribution in [0, 0.1) is 0 Å². The second-order valence-corrected chi connectivity index (χ2v) is 14.7. The first-order chi connectivity index (χ1) is 25.6. The van der Waals surface area contributed by atoms with Crippen molar-refractivity contribution in [1.29, 1.82) is 0 Å². The van der Waals surface area contributed by atoms with Gasteiger partial charge in [0.15, 0.2) is 0 Å². The van der Waals surface area contributed by atoms with Gasteiger partial charge in [0.25, 0.3) is 0 Å². The zero-order valence-electron chi connectivity index (χ0n) is 28.5. The maximum Gasteiger partial charge on any atom is 2.00 e. The van der Waals surface area contributed by atoms with Crippen LogP contribution in [0.1, 0.15) is 0 Å². The fraction of sp³-hybridized carbons (Fsp3) is 0. The molecule has 2 aromatic carbocycles. The molecule has 0 aliphatic carbocycles. The molecule has 6 heterocycles. The van der Waals surface area contributed by atoms with E-state index in [2.05, 4.69) is 78.4 Å². The number of rotatable bonds is 0. The Morgan fingerprint density at radius 1 is 0.316 bits per heavy atom. The van der Waals surface area contributed by atoms with Gasteiger partial charge in [-0.1, -0.05) is 48.5 Å². The Morgan fingerprint density at radius 2 is 0.509 bits per heavy atom. The van der Waals surface area contributed by atoms with Gasteiger partial charge in [-0.2, -0.15) is 0 Å². The average Bonchev–Trinajstić information content (AvgIpc) is 3.10. The molecule has 0 radical (unpaired) electrons. The van der Waals surface area contributed by atoms with E-state index in [1.165, 1.54) is 0 Å². The van der Waals surface area contributed by atoms with E-state index in [9.17, 15) is 50.4 Å². The van der Waals surface area contributed by atoms with Crippen molar-refractivity contribution in [3.8, 4) is 0 Å². The standard InChI is InChI=1S/2C12H8N2.2C5H6N2.2F6P.Ru/c2*1-3-9-5-6-10-4-2-8-14-12(10)11(9)13-7-1;2*6-5-1-3-7-4-2-5;2*1-7(2,3,4,5)6;/h2*1-8H;2*1-4H,(H2,6,7);;;/q;;;;2*-1;+2. The number of fused-ring (bicyclic) bond motifs is 6. The Balaban J connectivity index is 0.000000244. The Morgan fingerprint density at radius 3 is 0.667 bits per heavy atom. The molecule has 23 heteroatoms. The van der Waals surface area contributed by atoms with Crippen molar-refractivity contribution in [3.05, 3.63) is 147 Å². The maximum atomic E-state index is 9.87. The van der Waals surface area contributed by atoms with Crippen molar-refractivity contribution in [2.24, 2.45) is 0 Å². The van der Waals surface area contributed by atoms with Gasteiger partial charge in [-0.3, -0.25) is 29.9 Å². The number of halogens is 12. The predicted octanol–water partition coefficient (Wildman–Crippen LogP) is 13.7. The Hall–Kier alpha value is -5.38. The molecule has 0 atom stereocenters. The molecule has 0 fully saturated rings. The van der Waals surface area contributed by atoms with Gasteiger partial charge in [-0.05, 0) is 48.5 Å². The van der Waals surface area contributed by atoms with Gasteiger partial charge in [-0.25, -0.2) is 0 Å². The minimum Gasteiger partial charge on any atom is -0.399 e. The van der Waals surface area contributed by atoms with Crippen molar-refractivity contribution in [1.82, 2.24) is 29.9 Å². The molecule has 0 saturated heterocycles. The van der Waals surface area contributed by atoms with E-state index in [1.54, 1.807) is 73.8 Å². The van der Waals surface area contributed by atoms with Crippen molar-refractivity contribution >= 4 is 70.6 Å². The second kappa shape index (κ2) is 17.4. The van der Waals surface area contributed by atoms with Crippen LogP contribution in [0.5, 0.6) is 0 Å². The average molecular weight is 940 g/mol. The van der Waals surface area contributed by atoms with Crippen molar-refractivity contribution in [3.63, 3.8) is 0 Å². The van der Waals surface area contributed by atoms with E-state index < -0.39 is 15.6 Å². The number of benzene rings is 2. The Kier molecular flexibility index (Phi) is 14.6. The van der Waals surface area contributed by atoms with Crippen molar-refractivity contribution in [2.45, 2.75) is 0 Å². The molecular weight excluding hydrogens is 911 g/mol. The fourth-order valence-corrected chi connectivity index (χ4v) is 4.09. The van der Waals surface area contributed by atoms with Gasteiger partial charge in [-0.15, -0.1) is 0 Å². The summed E-state index contributed by atoms with van der Waals surface area (Å²) < 4.78 is 118. The van der Waals surface area contributed by atoms with E-state index in [-0.39, 0.29) is 19.5 Å². The topological polar surface area (TPSA) is 129 Å². The van der Waals surface area contributed by atoms with Crippen LogP contribution in [-0.2, 0) is 19.5 Å². The van der Waals surface area contributed by atoms with Gasteiger partial charge in [0.1, 0.15) is 0 Å². The first kappa shape index (κ1) is 47.8. The molecular formula is C34H28F12N8P2Ru. The number of nitrogens with two attached hydrogens (primary N) is 2. The summed E-state index contributed by atoms with van der Waals surface area (Å²) in [5.41, 5.74) is 16.1. The number of anilines is 2. The van der Waals surface area contributed by atoms with Crippen LogP contribution in [0.15, 0.2) is 147 Å². The maximum absolute atomic E-state index is 10.7. The molecule has 306 valence electrons. The third-order valence-electron chi connectivity index (χ3n) is 6.10. The minimum absolute atomic E-state index is 0. The van der Waals surface area contributed by atoms with Crippen LogP contribution in [-0.4, -0.2) is 29.9 Å². The quantitative estimate of drug-likeness (QED) is 0.0665. The van der Waals surface area contributed by atoms with Crippen LogP contribution in [0.3, 0.4) is 0 Å². The van der Waals surface area contributed by atoms with E-state index in [4.69, 9.17) is 11.5 Å². The molecule has 0 amide bonds. The number of nitrogens with zero attached hydrogens (tertiary/aromatic N) is 6. The molecule has 0 spiro atoms. The van der Waals surface area contributed by atoms with Gasteiger partial charge in [0, 0.05) is 82.5 Å². The first-order valence-corrected chi connectivity index (χ1v) is 19.3. The monoisotopic (exact) mass is 940 g/mol. The predicted molar refractivity (Wildman–Crippen MR) is 199 cm³/mol. The summed E-state index contributed by atoms with van der Waals surface area (Å²) in [6.45, 7) is 0. The zero-order valence-corrected chi connectivity index (χ0v) is 32.0. The normalized spacial score (nSPS) is 13.1. The molecule has 8 aromatic rings. The van der Waals surface area contributed by atoms with Crippen LogP contribution < -0.4 is 11.5 Å². The van der Waals surface area contributed by atoms with E-state index in [1.807, 2.05) is 24.3 Å². The summed E-state index contributed by atoms with van der Waals surface area (Å²) in [5, 5.41) is 4.55. The molecule has 0 aliphatic heterocycles. The minimum atomic E-state index is -10.7. The van der Waals surface area contributed by atoms with Gasteiger partial charge in [0.05, 0.1) is 22.1 Å². The molecule has 8 rings (SSSR count). The molecule has 0 unspecified atom stereocenters. The summed E-state index contributed by atoms with van der Waals surface area (Å²) in [4.78, 5) is 24.9. The first-order valence-electron chi connectivity index (χ1n) is 15.2. The van der Waals surface area contributed by atoms with Gasteiger partial charge in [0.2, 0.25) is 0 Å². The molecule has 0 aliphatic rings. The molecule has 6 aromatic heterocycles. The number of aromatic nitrogens is 6. The smallest absolute Gasteiger partial charge is 0.399 e. The van der Waals surface area contributed by atoms with E-state index in [0.29, 0.717) is 0 Å². The third kappa shape index (κ3) is 22.7. The van der Waals surface area contributed by atoms with Crippen LogP contribution >= 0.6 is 15.6 Å². The zero-order chi connectivity index (χ0) is 41.8. The summed E-state index contributed by atoms with van der Waals surface area (Å²) >= 11 is 0. The third-order valence-corrected chi connectivity index (χ3v) is 6.10. The van der Waals surface area contributed by atoms with Gasteiger partial charge >= 0.3 is 85.5 Å². The summed E-state index contributed by atoms with van der Waals surface area (Å²) in [7, 11) is -21.3. The second-order valence-electron chi connectivity index (χ2n) is 10.9. The SMILES string of the molecule is F[P-](F)(F)(F)(F)F.F[P-](F)(F)(F)(F)F.Nc1ccncc1.Nc1ccncc1.[Ru+2].c1cnc2c(c1)ccc1cccnc12.c1cnc2c(c1)ccc1cccnc12. The largest absolute Gasteiger partial charge is 2.00 e. The van der Waals surface area contributed by atoms with Gasteiger partial charge < -0.3 is 11.5 Å². The summed E-state index contributed by atoms with van der Waals surface area (Å²) in [6, 6.07) is 31.3. The summed E-state index contributed by atoms with van der Waals surface area (Å²) in [6.07, 6.45) is 13.9. The number of hydrogen-bond donors (Lipinski definition) is 2. The molecule has 57 heavy (non-hydrogen) atoms. The number of hydrogen-bond acceptors (Lipinski definition) is 8. The fourth-order valence-electron chi connectivity index (χ4n) is 4.09. The Labute approximate surface area is 327 Å². The van der Waals surface area contributed by atoms with Crippen LogP contribution in [0.2, 0.25) is 0 Å².